The third-order valence-corrected chi connectivity index (χ3v) is 4.15. The number of carbonyl (C=O) groups is 1. The van der Waals surface area contributed by atoms with E-state index in [0.717, 1.165) is 32.8 Å². The van der Waals surface area contributed by atoms with Gasteiger partial charge < -0.3 is 19.8 Å². The second-order valence-electron chi connectivity index (χ2n) is 5.65. The van der Waals surface area contributed by atoms with E-state index in [4.69, 9.17) is 9.47 Å². The Labute approximate surface area is 139 Å². The van der Waals surface area contributed by atoms with Gasteiger partial charge in [0.2, 0.25) is 5.43 Å². The largest absolute Gasteiger partial charge is 0.497 e. The van der Waals surface area contributed by atoms with Crippen molar-refractivity contribution < 1.29 is 14.3 Å². The number of amides is 1. The van der Waals surface area contributed by atoms with Crippen LogP contribution < -0.4 is 15.5 Å². The number of benzene rings is 1. The van der Waals surface area contributed by atoms with Crippen LogP contribution in [-0.2, 0) is 4.74 Å². The van der Waals surface area contributed by atoms with Crippen LogP contribution in [0.1, 0.15) is 10.4 Å². The predicted molar refractivity (Wildman–Crippen MR) is 90.7 cm³/mol. The van der Waals surface area contributed by atoms with Crippen LogP contribution in [0.15, 0.2) is 29.2 Å². The lowest BCUT2D eigenvalue weighted by molar-refractivity contribution is 0.0383. The van der Waals surface area contributed by atoms with Gasteiger partial charge in [0.1, 0.15) is 11.3 Å². The second-order valence-corrected chi connectivity index (χ2v) is 5.65. The van der Waals surface area contributed by atoms with E-state index >= 15 is 0 Å². The summed E-state index contributed by atoms with van der Waals surface area (Å²) >= 11 is 0. The molecule has 24 heavy (non-hydrogen) atoms. The van der Waals surface area contributed by atoms with E-state index in [-0.39, 0.29) is 16.9 Å². The quantitative estimate of drug-likeness (QED) is 0.838. The van der Waals surface area contributed by atoms with Crippen molar-refractivity contribution in [2.45, 2.75) is 0 Å². The van der Waals surface area contributed by atoms with Gasteiger partial charge in [0.25, 0.3) is 5.91 Å². The van der Waals surface area contributed by atoms with Crippen molar-refractivity contribution in [1.82, 2.24) is 15.2 Å². The normalized spacial score (nSPS) is 15.4. The van der Waals surface area contributed by atoms with Gasteiger partial charge >= 0.3 is 0 Å². The van der Waals surface area contributed by atoms with E-state index in [1.165, 1.54) is 13.3 Å². The minimum absolute atomic E-state index is 0.109. The topological polar surface area (TPSA) is 83.7 Å². The maximum atomic E-state index is 12.5. The van der Waals surface area contributed by atoms with E-state index < -0.39 is 0 Å². The summed E-state index contributed by atoms with van der Waals surface area (Å²) in [7, 11) is 1.54. The summed E-state index contributed by atoms with van der Waals surface area (Å²) in [4.78, 5) is 30.0. The first-order valence-corrected chi connectivity index (χ1v) is 7.97. The number of aromatic nitrogens is 1. The second kappa shape index (κ2) is 7.46. The predicted octanol–water partition coefficient (Wildman–Crippen LogP) is 0.599. The number of pyridine rings is 1. The highest BCUT2D eigenvalue weighted by atomic mass is 16.5. The van der Waals surface area contributed by atoms with Gasteiger partial charge in [0.15, 0.2) is 0 Å². The van der Waals surface area contributed by atoms with Crippen LogP contribution in [0, 0.1) is 0 Å². The average Bonchev–Trinajstić information content (AvgIpc) is 2.62. The Morgan fingerprint density at radius 1 is 1.38 bits per heavy atom. The zero-order valence-electron chi connectivity index (χ0n) is 13.6. The number of nitrogens with zero attached hydrogens (tertiary/aromatic N) is 1. The van der Waals surface area contributed by atoms with Crippen LogP contribution in [0.4, 0.5) is 0 Å². The Kier molecular flexibility index (Phi) is 5.12. The summed E-state index contributed by atoms with van der Waals surface area (Å²) in [6.45, 7) is 4.42. The molecular weight excluding hydrogens is 310 g/mol. The molecule has 1 aliphatic rings. The lowest BCUT2D eigenvalue weighted by Crippen LogP contribution is -2.41. The van der Waals surface area contributed by atoms with Crippen LogP contribution in [0.2, 0.25) is 0 Å². The van der Waals surface area contributed by atoms with E-state index in [2.05, 4.69) is 15.2 Å². The fourth-order valence-electron chi connectivity index (χ4n) is 2.74. The molecule has 7 nitrogen and oxygen atoms in total. The maximum Gasteiger partial charge on any atom is 0.256 e. The van der Waals surface area contributed by atoms with Gasteiger partial charge in [-0.2, -0.15) is 0 Å². The first-order valence-electron chi connectivity index (χ1n) is 7.97. The van der Waals surface area contributed by atoms with Gasteiger partial charge in [-0.1, -0.05) is 0 Å². The van der Waals surface area contributed by atoms with Crippen LogP contribution in [0.5, 0.6) is 5.75 Å². The van der Waals surface area contributed by atoms with Gasteiger partial charge in [-0.3, -0.25) is 14.5 Å². The molecule has 2 heterocycles. The molecule has 1 amide bonds. The summed E-state index contributed by atoms with van der Waals surface area (Å²) in [5.74, 6) is 0.215. The molecule has 128 valence electrons. The van der Waals surface area contributed by atoms with Crippen molar-refractivity contribution >= 4 is 16.8 Å². The average molecular weight is 331 g/mol. The van der Waals surface area contributed by atoms with Crippen LogP contribution in [-0.4, -0.2) is 62.3 Å². The SMILES string of the molecule is COc1ccc2[nH]cc(C(=O)NCCN3CCOCC3)c(=O)c2c1. The number of fused-ring (bicyclic) bond motifs is 1. The lowest BCUT2D eigenvalue weighted by Gasteiger charge is -2.26. The fourth-order valence-corrected chi connectivity index (χ4v) is 2.74. The number of methoxy groups -OCH3 is 1. The van der Waals surface area contributed by atoms with Gasteiger partial charge in [0, 0.05) is 43.3 Å². The first kappa shape index (κ1) is 16.5. The molecule has 2 N–H and O–H groups in total. The number of nitrogens with one attached hydrogen (secondary N) is 2. The first-order chi connectivity index (χ1) is 11.7. The van der Waals surface area contributed by atoms with Gasteiger partial charge in [-0.05, 0) is 18.2 Å². The highest BCUT2D eigenvalue weighted by Gasteiger charge is 2.14. The van der Waals surface area contributed by atoms with Crippen molar-refractivity contribution in [3.8, 4) is 5.75 Å². The molecule has 0 aliphatic carbocycles. The molecule has 1 aliphatic heterocycles. The minimum Gasteiger partial charge on any atom is -0.497 e. The molecule has 2 aromatic rings. The van der Waals surface area contributed by atoms with Crippen LogP contribution in [0.3, 0.4) is 0 Å². The molecule has 0 unspecified atom stereocenters. The number of morpholine rings is 1. The fraction of sp³-hybridized carbons (Fsp3) is 0.412. The third-order valence-electron chi connectivity index (χ3n) is 4.15. The zero-order valence-corrected chi connectivity index (χ0v) is 13.6. The molecule has 0 spiro atoms. The minimum atomic E-state index is -0.366. The van der Waals surface area contributed by atoms with Crippen molar-refractivity contribution in [3.63, 3.8) is 0 Å². The summed E-state index contributed by atoms with van der Waals surface area (Å²) in [5, 5.41) is 3.25. The van der Waals surface area contributed by atoms with Crippen molar-refractivity contribution in [2.24, 2.45) is 0 Å². The third kappa shape index (κ3) is 3.58. The summed E-state index contributed by atoms with van der Waals surface area (Å²) in [6, 6.07) is 5.16. The van der Waals surface area contributed by atoms with Crippen molar-refractivity contribution in [2.75, 3.05) is 46.5 Å². The lowest BCUT2D eigenvalue weighted by atomic mass is 10.1. The Bertz CT molecular complexity index is 781. The van der Waals surface area contributed by atoms with Crippen molar-refractivity contribution in [1.29, 1.82) is 0 Å². The Morgan fingerprint density at radius 3 is 2.92 bits per heavy atom. The van der Waals surface area contributed by atoms with Crippen molar-refractivity contribution in [3.05, 3.63) is 40.2 Å². The molecule has 1 aromatic heterocycles. The molecule has 1 fully saturated rings. The molecule has 0 radical (unpaired) electrons. The van der Waals surface area contributed by atoms with E-state index in [0.29, 0.717) is 23.2 Å². The molecule has 0 saturated carbocycles. The highest BCUT2D eigenvalue weighted by molar-refractivity contribution is 5.97. The standard InChI is InChI=1S/C17H21N3O4/c1-23-12-2-3-15-13(10-12)16(21)14(11-19-15)17(22)18-4-5-20-6-8-24-9-7-20/h2-3,10-11H,4-9H2,1H3,(H,18,22)(H,19,21). The maximum absolute atomic E-state index is 12.5. The zero-order chi connectivity index (χ0) is 16.9. The molecule has 1 saturated heterocycles. The Balaban J connectivity index is 1.70. The monoisotopic (exact) mass is 331 g/mol. The number of ether oxygens (including phenoxy) is 2. The number of H-pyrrole nitrogens is 1. The molecule has 0 atom stereocenters. The molecule has 1 aromatic carbocycles. The molecular formula is C17H21N3O4. The molecule has 3 rings (SSSR count). The smallest absolute Gasteiger partial charge is 0.256 e. The number of aromatic amines is 1. The summed E-state index contributed by atoms with van der Waals surface area (Å²) in [6.07, 6.45) is 1.46. The Morgan fingerprint density at radius 2 is 2.17 bits per heavy atom. The van der Waals surface area contributed by atoms with Gasteiger partial charge in [-0.15, -0.1) is 0 Å². The highest BCUT2D eigenvalue weighted by Crippen LogP contribution is 2.16. The summed E-state index contributed by atoms with van der Waals surface area (Å²) in [5.41, 5.74) is 0.481. The number of carbonyl (C=O) groups excluding carboxylic acids is 1. The Hall–Kier alpha value is -2.38. The van der Waals surface area contributed by atoms with Gasteiger partial charge in [-0.25, -0.2) is 0 Å². The number of hydrogen-bond donors (Lipinski definition) is 2. The number of hydrogen-bond acceptors (Lipinski definition) is 5. The van der Waals surface area contributed by atoms with Gasteiger partial charge in [0.05, 0.1) is 20.3 Å². The molecule has 7 heteroatoms. The van der Waals surface area contributed by atoms with E-state index in [1.807, 2.05) is 0 Å². The van der Waals surface area contributed by atoms with E-state index in [9.17, 15) is 9.59 Å². The molecule has 0 bridgehead atoms. The van der Waals surface area contributed by atoms with E-state index in [1.54, 1.807) is 18.2 Å². The number of rotatable bonds is 5. The summed E-state index contributed by atoms with van der Waals surface area (Å²) < 4.78 is 10.4. The van der Waals surface area contributed by atoms with Crippen LogP contribution in [0.25, 0.3) is 10.9 Å². The van der Waals surface area contributed by atoms with Crippen LogP contribution >= 0.6 is 0 Å².